The van der Waals surface area contributed by atoms with Gasteiger partial charge < -0.3 is 9.47 Å². The second-order valence-electron chi connectivity index (χ2n) is 4.96. The lowest BCUT2D eigenvalue weighted by Crippen LogP contribution is -2.11. The lowest BCUT2D eigenvalue weighted by molar-refractivity contribution is 0.0902. The maximum Gasteiger partial charge on any atom is 0.122 e. The van der Waals surface area contributed by atoms with Gasteiger partial charge in [-0.25, -0.2) is 0 Å². The van der Waals surface area contributed by atoms with Gasteiger partial charge in [0.15, 0.2) is 0 Å². The van der Waals surface area contributed by atoms with Crippen LogP contribution in [0.25, 0.3) is 0 Å². The summed E-state index contributed by atoms with van der Waals surface area (Å²) in [5.74, 6) is 1.54. The summed E-state index contributed by atoms with van der Waals surface area (Å²) in [6, 6.07) is 8.31. The predicted molar refractivity (Wildman–Crippen MR) is 69.6 cm³/mol. The van der Waals surface area contributed by atoms with Crippen LogP contribution >= 0.6 is 0 Å². The first kappa shape index (κ1) is 12.4. The minimum absolute atomic E-state index is 0.418. The van der Waals surface area contributed by atoms with Crippen molar-refractivity contribution >= 4 is 0 Å². The molecule has 1 saturated heterocycles. The molecule has 2 heteroatoms. The molecule has 17 heavy (non-hydrogen) atoms. The van der Waals surface area contributed by atoms with Gasteiger partial charge in [0.05, 0.1) is 12.7 Å². The molecule has 1 aliphatic heterocycles. The first-order chi connectivity index (χ1) is 8.27. The van der Waals surface area contributed by atoms with Gasteiger partial charge in [-0.1, -0.05) is 32.0 Å². The average Bonchev–Trinajstić information content (AvgIpc) is 2.82. The maximum absolute atomic E-state index is 5.88. The van der Waals surface area contributed by atoms with Gasteiger partial charge in [0, 0.05) is 13.0 Å². The van der Waals surface area contributed by atoms with Crippen LogP contribution in [0.2, 0.25) is 0 Å². The van der Waals surface area contributed by atoms with Crippen LogP contribution in [0.1, 0.15) is 44.6 Å². The fourth-order valence-electron chi connectivity index (χ4n) is 2.26. The summed E-state index contributed by atoms with van der Waals surface area (Å²) in [7, 11) is 0. The molecule has 0 saturated carbocycles. The first-order valence-electron chi connectivity index (χ1n) is 6.60. The Kier molecular flexibility index (Phi) is 4.43. The molecular formula is C15H22O2. The molecule has 0 amide bonds. The zero-order valence-corrected chi connectivity index (χ0v) is 10.8. The van der Waals surface area contributed by atoms with E-state index in [0.29, 0.717) is 12.0 Å². The summed E-state index contributed by atoms with van der Waals surface area (Å²) in [5, 5.41) is 0. The van der Waals surface area contributed by atoms with Gasteiger partial charge in [-0.05, 0) is 30.4 Å². The van der Waals surface area contributed by atoms with Crippen LogP contribution in [0.15, 0.2) is 24.3 Å². The smallest absolute Gasteiger partial charge is 0.122 e. The van der Waals surface area contributed by atoms with Crippen molar-refractivity contribution in [2.24, 2.45) is 0 Å². The van der Waals surface area contributed by atoms with Crippen molar-refractivity contribution in [2.45, 2.75) is 45.1 Å². The number of para-hydroxylation sites is 1. The Bertz CT molecular complexity index is 341. The molecule has 1 unspecified atom stereocenters. The molecule has 0 bridgehead atoms. The highest BCUT2D eigenvalue weighted by atomic mass is 16.5. The van der Waals surface area contributed by atoms with Crippen molar-refractivity contribution in [2.75, 3.05) is 13.2 Å². The van der Waals surface area contributed by atoms with E-state index in [1.54, 1.807) is 0 Å². The van der Waals surface area contributed by atoms with Gasteiger partial charge in [0.1, 0.15) is 5.75 Å². The molecule has 0 aromatic heterocycles. The van der Waals surface area contributed by atoms with Crippen molar-refractivity contribution in [3.05, 3.63) is 29.8 Å². The summed E-state index contributed by atoms with van der Waals surface area (Å²) in [4.78, 5) is 0. The van der Waals surface area contributed by atoms with Crippen molar-refractivity contribution < 1.29 is 9.47 Å². The summed E-state index contributed by atoms with van der Waals surface area (Å²) >= 11 is 0. The monoisotopic (exact) mass is 234 g/mol. The normalized spacial score (nSPS) is 19.8. The summed E-state index contributed by atoms with van der Waals surface area (Å²) in [6.45, 7) is 6.08. The summed E-state index contributed by atoms with van der Waals surface area (Å²) in [5.41, 5.74) is 1.29. The van der Waals surface area contributed by atoms with E-state index in [4.69, 9.17) is 9.47 Å². The minimum Gasteiger partial charge on any atom is -0.493 e. The van der Waals surface area contributed by atoms with Crippen molar-refractivity contribution in [3.8, 4) is 5.75 Å². The Hall–Kier alpha value is -1.02. The van der Waals surface area contributed by atoms with Crippen molar-refractivity contribution in [1.82, 2.24) is 0 Å². The molecular weight excluding hydrogens is 212 g/mol. The highest BCUT2D eigenvalue weighted by molar-refractivity contribution is 5.35. The van der Waals surface area contributed by atoms with E-state index in [0.717, 1.165) is 25.4 Å². The molecule has 0 spiro atoms. The van der Waals surface area contributed by atoms with E-state index in [1.807, 2.05) is 6.07 Å². The second kappa shape index (κ2) is 6.06. The van der Waals surface area contributed by atoms with Crippen LogP contribution in [0.4, 0.5) is 0 Å². The topological polar surface area (TPSA) is 18.5 Å². The third-order valence-electron chi connectivity index (χ3n) is 3.26. The SMILES string of the molecule is CC(C)c1ccccc1OCCC1CCCO1. The van der Waals surface area contributed by atoms with Gasteiger partial charge in [-0.2, -0.15) is 0 Å². The molecule has 1 atom stereocenters. The lowest BCUT2D eigenvalue weighted by Gasteiger charge is -2.15. The third kappa shape index (κ3) is 3.47. The first-order valence-corrected chi connectivity index (χ1v) is 6.60. The van der Waals surface area contributed by atoms with E-state index in [-0.39, 0.29) is 0 Å². The zero-order chi connectivity index (χ0) is 12.1. The van der Waals surface area contributed by atoms with Gasteiger partial charge in [0.2, 0.25) is 0 Å². The highest BCUT2D eigenvalue weighted by Crippen LogP contribution is 2.26. The Balaban J connectivity index is 1.85. The Labute approximate surface area is 104 Å². The maximum atomic E-state index is 5.88. The molecule has 1 aromatic rings. The molecule has 0 N–H and O–H groups in total. The Morgan fingerprint density at radius 1 is 1.35 bits per heavy atom. The molecule has 94 valence electrons. The van der Waals surface area contributed by atoms with E-state index in [2.05, 4.69) is 32.0 Å². The number of benzene rings is 1. The molecule has 2 nitrogen and oxygen atoms in total. The van der Waals surface area contributed by atoms with Crippen LogP contribution in [0.3, 0.4) is 0 Å². The largest absolute Gasteiger partial charge is 0.493 e. The molecule has 0 aliphatic carbocycles. The van der Waals surface area contributed by atoms with Crippen LogP contribution in [0, 0.1) is 0 Å². The second-order valence-corrected chi connectivity index (χ2v) is 4.96. The van der Waals surface area contributed by atoms with Crippen LogP contribution in [0.5, 0.6) is 5.75 Å². The standard InChI is InChI=1S/C15H22O2/c1-12(2)14-7-3-4-8-15(14)17-11-9-13-6-5-10-16-13/h3-4,7-8,12-13H,5-6,9-11H2,1-2H3. The van der Waals surface area contributed by atoms with Crippen LogP contribution in [-0.2, 0) is 4.74 Å². The molecule has 1 fully saturated rings. The summed E-state index contributed by atoms with van der Waals surface area (Å²) < 4.78 is 11.5. The summed E-state index contributed by atoms with van der Waals surface area (Å²) in [6.07, 6.45) is 3.82. The molecule has 1 aromatic carbocycles. The number of hydrogen-bond acceptors (Lipinski definition) is 2. The number of hydrogen-bond donors (Lipinski definition) is 0. The van der Waals surface area contributed by atoms with Crippen molar-refractivity contribution in [3.63, 3.8) is 0 Å². The van der Waals surface area contributed by atoms with Gasteiger partial charge in [0.25, 0.3) is 0 Å². The molecule has 0 radical (unpaired) electrons. The van der Waals surface area contributed by atoms with E-state index < -0.39 is 0 Å². The van der Waals surface area contributed by atoms with E-state index in [9.17, 15) is 0 Å². The van der Waals surface area contributed by atoms with Crippen molar-refractivity contribution in [1.29, 1.82) is 0 Å². The predicted octanol–water partition coefficient (Wildman–Crippen LogP) is 3.76. The lowest BCUT2D eigenvalue weighted by atomic mass is 10.0. The fourth-order valence-corrected chi connectivity index (χ4v) is 2.26. The third-order valence-corrected chi connectivity index (χ3v) is 3.26. The molecule has 1 aliphatic rings. The zero-order valence-electron chi connectivity index (χ0n) is 10.8. The molecule has 2 rings (SSSR count). The number of ether oxygens (including phenoxy) is 2. The minimum atomic E-state index is 0.418. The van der Waals surface area contributed by atoms with Gasteiger partial charge >= 0.3 is 0 Å². The van der Waals surface area contributed by atoms with E-state index in [1.165, 1.54) is 18.4 Å². The van der Waals surface area contributed by atoms with E-state index >= 15 is 0 Å². The highest BCUT2D eigenvalue weighted by Gasteiger charge is 2.15. The fraction of sp³-hybridized carbons (Fsp3) is 0.600. The molecule has 1 heterocycles. The van der Waals surface area contributed by atoms with Crippen LogP contribution < -0.4 is 4.74 Å². The quantitative estimate of drug-likeness (QED) is 0.772. The Morgan fingerprint density at radius 2 is 2.18 bits per heavy atom. The van der Waals surface area contributed by atoms with Gasteiger partial charge in [-0.15, -0.1) is 0 Å². The van der Waals surface area contributed by atoms with Gasteiger partial charge in [-0.3, -0.25) is 0 Å². The number of rotatable bonds is 5. The Morgan fingerprint density at radius 3 is 2.88 bits per heavy atom. The van der Waals surface area contributed by atoms with Crippen LogP contribution in [-0.4, -0.2) is 19.3 Å². The average molecular weight is 234 g/mol.